The number of hydrogen-bond donors (Lipinski definition) is 2. The van der Waals surface area contributed by atoms with Crippen LogP contribution in [-0.2, 0) is 14.8 Å². The van der Waals surface area contributed by atoms with Crippen LogP contribution in [0, 0.1) is 5.92 Å². The maximum Gasteiger partial charge on any atom is 0.249 e. The van der Waals surface area contributed by atoms with Gasteiger partial charge < -0.3 is 14.6 Å². The lowest BCUT2D eigenvalue weighted by Crippen LogP contribution is -2.53. The SMILES string of the molecule is CS(=O)(=O)N[C@H]1CCN(c2cccc(=O)[nH]2)C[C@H]1COC1CCC(c2ccccc2)CC1. The van der Waals surface area contributed by atoms with Gasteiger partial charge in [-0.25, -0.2) is 13.1 Å². The number of anilines is 1. The number of sulfonamides is 1. The third-order valence-corrected chi connectivity index (χ3v) is 7.42. The van der Waals surface area contributed by atoms with Crippen molar-refractivity contribution in [2.24, 2.45) is 5.92 Å². The molecule has 7 nitrogen and oxygen atoms in total. The molecule has 0 amide bonds. The fourth-order valence-corrected chi connectivity index (χ4v) is 5.88. The van der Waals surface area contributed by atoms with E-state index < -0.39 is 10.0 Å². The van der Waals surface area contributed by atoms with Gasteiger partial charge in [0, 0.05) is 31.1 Å². The lowest BCUT2D eigenvalue weighted by atomic mass is 9.82. The molecular formula is C24H33N3O4S. The molecule has 1 aromatic heterocycles. The van der Waals surface area contributed by atoms with E-state index in [1.807, 2.05) is 6.07 Å². The first-order chi connectivity index (χ1) is 15.4. The van der Waals surface area contributed by atoms with Crippen LogP contribution in [0.1, 0.15) is 43.6 Å². The molecule has 32 heavy (non-hydrogen) atoms. The fourth-order valence-electron chi connectivity index (χ4n) is 5.02. The summed E-state index contributed by atoms with van der Waals surface area (Å²) >= 11 is 0. The molecule has 0 bridgehead atoms. The van der Waals surface area contributed by atoms with Crippen molar-refractivity contribution >= 4 is 15.8 Å². The van der Waals surface area contributed by atoms with Crippen LogP contribution >= 0.6 is 0 Å². The first kappa shape index (κ1) is 23.0. The molecule has 1 aromatic carbocycles. The van der Waals surface area contributed by atoms with Crippen LogP contribution in [0.15, 0.2) is 53.3 Å². The van der Waals surface area contributed by atoms with Crippen molar-refractivity contribution < 1.29 is 13.2 Å². The summed E-state index contributed by atoms with van der Waals surface area (Å²) in [5, 5.41) is 0. The van der Waals surface area contributed by atoms with E-state index in [-0.39, 0.29) is 23.6 Å². The summed E-state index contributed by atoms with van der Waals surface area (Å²) in [4.78, 5) is 16.7. The Morgan fingerprint density at radius 2 is 1.78 bits per heavy atom. The zero-order chi connectivity index (χ0) is 22.6. The number of pyridine rings is 1. The monoisotopic (exact) mass is 459 g/mol. The van der Waals surface area contributed by atoms with Gasteiger partial charge in [-0.15, -0.1) is 0 Å². The number of aromatic nitrogens is 1. The number of benzene rings is 1. The molecule has 2 atom stereocenters. The van der Waals surface area contributed by atoms with Gasteiger partial charge in [-0.05, 0) is 49.7 Å². The first-order valence-electron chi connectivity index (χ1n) is 11.5. The minimum atomic E-state index is -3.31. The van der Waals surface area contributed by atoms with E-state index >= 15 is 0 Å². The minimum Gasteiger partial charge on any atom is -0.378 e. The van der Waals surface area contributed by atoms with Crippen LogP contribution in [0.25, 0.3) is 0 Å². The quantitative estimate of drug-likeness (QED) is 0.664. The predicted octanol–water partition coefficient (Wildman–Crippen LogP) is 2.86. The molecular weight excluding hydrogens is 426 g/mol. The van der Waals surface area contributed by atoms with Gasteiger partial charge >= 0.3 is 0 Å². The van der Waals surface area contributed by atoms with Gasteiger partial charge in [-0.2, -0.15) is 0 Å². The highest BCUT2D eigenvalue weighted by Crippen LogP contribution is 2.34. The number of rotatable bonds is 7. The number of nitrogens with zero attached hydrogens (tertiary/aromatic N) is 1. The summed E-state index contributed by atoms with van der Waals surface area (Å²) in [6, 6.07) is 15.6. The van der Waals surface area contributed by atoms with Gasteiger partial charge in [0.1, 0.15) is 5.82 Å². The second-order valence-corrected chi connectivity index (χ2v) is 10.9. The molecule has 8 heteroatoms. The second kappa shape index (κ2) is 10.2. The van der Waals surface area contributed by atoms with Gasteiger partial charge in [-0.3, -0.25) is 4.79 Å². The Morgan fingerprint density at radius 3 is 2.47 bits per heavy atom. The lowest BCUT2D eigenvalue weighted by Gasteiger charge is -2.40. The highest BCUT2D eigenvalue weighted by molar-refractivity contribution is 7.88. The average Bonchev–Trinajstić information content (AvgIpc) is 2.78. The number of hydrogen-bond acceptors (Lipinski definition) is 5. The molecule has 2 aliphatic rings. The van der Waals surface area contributed by atoms with E-state index in [9.17, 15) is 13.2 Å². The Bertz CT molecular complexity index is 1030. The van der Waals surface area contributed by atoms with E-state index in [1.54, 1.807) is 6.07 Å². The summed E-state index contributed by atoms with van der Waals surface area (Å²) in [6.45, 7) is 1.81. The molecule has 4 rings (SSSR count). The van der Waals surface area contributed by atoms with Crippen LogP contribution in [0.2, 0.25) is 0 Å². The van der Waals surface area contributed by atoms with Gasteiger partial charge in [-0.1, -0.05) is 36.4 Å². The standard InChI is InChI=1S/C24H33N3O4S/c1-32(29,30)26-22-14-15-27(23-8-5-9-24(28)25-23)16-20(22)17-31-21-12-10-19(11-13-21)18-6-3-2-4-7-18/h2-9,19-22,26H,10-17H2,1H3,(H,25,28)/t19?,20-,21?,22-/m0/s1. The summed E-state index contributed by atoms with van der Waals surface area (Å²) < 4.78 is 32.9. The number of nitrogens with one attached hydrogen (secondary N) is 2. The number of piperidine rings is 1. The number of ether oxygens (including phenoxy) is 1. The van der Waals surface area contributed by atoms with Crippen molar-refractivity contribution in [3.05, 3.63) is 64.4 Å². The van der Waals surface area contributed by atoms with Gasteiger partial charge in [0.15, 0.2) is 0 Å². The molecule has 2 fully saturated rings. The van der Waals surface area contributed by atoms with E-state index in [2.05, 4.69) is 44.9 Å². The van der Waals surface area contributed by atoms with Gasteiger partial charge in [0.2, 0.25) is 15.6 Å². The van der Waals surface area contributed by atoms with Gasteiger partial charge in [0.05, 0.1) is 19.0 Å². The van der Waals surface area contributed by atoms with E-state index in [0.717, 1.165) is 31.5 Å². The first-order valence-corrected chi connectivity index (χ1v) is 13.3. The molecule has 0 unspecified atom stereocenters. The molecule has 2 heterocycles. The zero-order valence-electron chi connectivity index (χ0n) is 18.6. The molecule has 0 spiro atoms. The topological polar surface area (TPSA) is 91.5 Å². The third kappa shape index (κ3) is 6.21. The highest BCUT2D eigenvalue weighted by Gasteiger charge is 2.33. The molecule has 2 aromatic rings. The maximum absolute atomic E-state index is 11.9. The number of H-pyrrole nitrogens is 1. The maximum atomic E-state index is 11.9. The van der Waals surface area contributed by atoms with Crippen molar-refractivity contribution in [1.29, 1.82) is 0 Å². The van der Waals surface area contributed by atoms with E-state index in [1.165, 1.54) is 17.9 Å². The smallest absolute Gasteiger partial charge is 0.249 e. The molecule has 1 saturated carbocycles. The highest BCUT2D eigenvalue weighted by atomic mass is 32.2. The van der Waals surface area contributed by atoms with Crippen LogP contribution in [0.5, 0.6) is 0 Å². The predicted molar refractivity (Wildman–Crippen MR) is 127 cm³/mol. The van der Waals surface area contributed by atoms with Crippen LogP contribution < -0.4 is 15.2 Å². The Kier molecular flexibility index (Phi) is 7.33. The Morgan fingerprint density at radius 1 is 1.03 bits per heavy atom. The van der Waals surface area contributed by atoms with Crippen molar-refractivity contribution in [3.8, 4) is 0 Å². The Balaban J connectivity index is 1.36. The Hall–Kier alpha value is -2.16. The van der Waals surface area contributed by atoms with Crippen molar-refractivity contribution in [2.75, 3.05) is 30.9 Å². The van der Waals surface area contributed by atoms with E-state index in [4.69, 9.17) is 4.74 Å². The third-order valence-electron chi connectivity index (χ3n) is 6.68. The molecule has 1 aliphatic heterocycles. The molecule has 1 aliphatic carbocycles. The molecule has 174 valence electrons. The van der Waals surface area contributed by atoms with Crippen LogP contribution in [-0.4, -0.2) is 51.5 Å². The van der Waals surface area contributed by atoms with E-state index in [0.29, 0.717) is 32.0 Å². The molecule has 0 radical (unpaired) electrons. The molecule has 2 N–H and O–H groups in total. The van der Waals surface area contributed by atoms with Crippen LogP contribution in [0.3, 0.4) is 0 Å². The largest absolute Gasteiger partial charge is 0.378 e. The summed E-state index contributed by atoms with van der Waals surface area (Å²) in [5.74, 6) is 1.37. The van der Waals surface area contributed by atoms with Gasteiger partial charge in [0.25, 0.3) is 0 Å². The Labute approximate surface area is 190 Å². The second-order valence-electron chi connectivity index (χ2n) is 9.11. The number of aromatic amines is 1. The van der Waals surface area contributed by atoms with Crippen molar-refractivity contribution in [2.45, 2.75) is 50.2 Å². The van der Waals surface area contributed by atoms with Crippen LogP contribution in [0.4, 0.5) is 5.82 Å². The summed E-state index contributed by atoms with van der Waals surface area (Å²) in [6.07, 6.45) is 6.35. The summed E-state index contributed by atoms with van der Waals surface area (Å²) in [7, 11) is -3.31. The zero-order valence-corrected chi connectivity index (χ0v) is 19.4. The fraction of sp³-hybridized carbons (Fsp3) is 0.542. The van der Waals surface area contributed by atoms with Crippen molar-refractivity contribution in [3.63, 3.8) is 0 Å². The normalized spacial score (nSPS) is 26.7. The molecule has 1 saturated heterocycles. The summed E-state index contributed by atoms with van der Waals surface area (Å²) in [5.41, 5.74) is 1.27. The minimum absolute atomic E-state index is 0.00836. The van der Waals surface area contributed by atoms with Crippen molar-refractivity contribution in [1.82, 2.24) is 9.71 Å². The average molecular weight is 460 g/mol. The lowest BCUT2D eigenvalue weighted by molar-refractivity contribution is -0.00213.